The van der Waals surface area contributed by atoms with Gasteiger partial charge in [-0.3, -0.25) is 9.59 Å². The quantitative estimate of drug-likeness (QED) is 0.184. The van der Waals surface area contributed by atoms with Crippen LogP contribution in [0.5, 0.6) is 0 Å². The SMILES string of the molecule is NC1=N[C@H]2O[C@H]3N=C(N)N[C@@]3(O)C3[C@H](CNC(=O)c4cc(Br)c(Br)[nH]4)[C@@H](CNC(=O)c4cc(Br)c(Br)[nH]4)[C@H](O)[C@@]32N1. The van der Waals surface area contributed by atoms with Crippen LogP contribution in [0.3, 0.4) is 0 Å². The number of aliphatic hydroxyl groups is 2. The highest BCUT2D eigenvalue weighted by molar-refractivity contribution is 9.13. The Kier molecular flexibility index (Phi) is 7.22. The third-order valence-electron chi connectivity index (χ3n) is 8.03. The van der Waals surface area contributed by atoms with Crippen LogP contribution in [0.15, 0.2) is 40.3 Å². The molecule has 1 aliphatic carbocycles. The van der Waals surface area contributed by atoms with Crippen LogP contribution >= 0.6 is 63.7 Å². The second-order valence-electron chi connectivity index (χ2n) is 10.2. The number of carbonyl (C=O) groups excluding carboxylic acids is 2. The Bertz CT molecular complexity index is 1460. The molecule has 41 heavy (non-hydrogen) atoms. The number of rotatable bonds is 6. The third-order valence-corrected chi connectivity index (χ3v) is 11.6. The Morgan fingerprint density at radius 1 is 0.902 bits per heavy atom. The van der Waals surface area contributed by atoms with Crippen molar-refractivity contribution < 1.29 is 24.5 Å². The van der Waals surface area contributed by atoms with Gasteiger partial charge in [0, 0.05) is 24.9 Å². The third kappa shape index (κ3) is 4.51. The fraction of sp³-hybridized carbons (Fsp3) is 0.455. The maximum Gasteiger partial charge on any atom is 0.267 e. The first-order chi connectivity index (χ1) is 19.3. The molecule has 12 N–H and O–H groups in total. The number of carbonyl (C=O) groups is 2. The van der Waals surface area contributed by atoms with Crippen LogP contribution in [0.4, 0.5) is 0 Å². The van der Waals surface area contributed by atoms with Crippen molar-refractivity contribution in [2.24, 2.45) is 39.2 Å². The molecule has 0 bridgehead atoms. The average Bonchev–Trinajstić information content (AvgIpc) is 3.66. The number of aromatic nitrogens is 2. The van der Waals surface area contributed by atoms with Gasteiger partial charge in [0.15, 0.2) is 23.9 Å². The van der Waals surface area contributed by atoms with Gasteiger partial charge in [0.2, 0.25) is 6.23 Å². The summed E-state index contributed by atoms with van der Waals surface area (Å²) >= 11 is 13.3. The lowest BCUT2D eigenvalue weighted by Crippen LogP contribution is -2.76. The number of aromatic amines is 2. The van der Waals surface area contributed by atoms with Gasteiger partial charge >= 0.3 is 0 Å². The number of H-pyrrole nitrogens is 2. The summed E-state index contributed by atoms with van der Waals surface area (Å²) in [5.74, 6) is -3.18. The van der Waals surface area contributed by atoms with E-state index in [1.807, 2.05) is 0 Å². The predicted octanol–water partition coefficient (Wildman–Crippen LogP) is -0.279. The Morgan fingerprint density at radius 3 is 1.95 bits per heavy atom. The number of aliphatic hydroxyl groups excluding tert-OH is 1. The molecule has 5 heterocycles. The van der Waals surface area contributed by atoms with Gasteiger partial charge in [-0.15, -0.1) is 0 Å². The fourth-order valence-electron chi connectivity index (χ4n) is 6.42. The zero-order valence-electron chi connectivity index (χ0n) is 20.7. The molecule has 0 aromatic carbocycles. The number of fused-ring (bicyclic) bond motifs is 2. The molecule has 2 aromatic rings. The van der Waals surface area contributed by atoms with Gasteiger partial charge in [-0.05, 0) is 81.8 Å². The van der Waals surface area contributed by atoms with Crippen molar-refractivity contribution in [2.75, 3.05) is 13.1 Å². The van der Waals surface area contributed by atoms with Crippen LogP contribution in [0.25, 0.3) is 0 Å². The largest absolute Gasteiger partial charge is 0.390 e. The highest BCUT2D eigenvalue weighted by Crippen LogP contribution is 2.57. The molecule has 4 aliphatic rings. The number of aliphatic imine (C=N–C) groups is 2. The van der Waals surface area contributed by atoms with E-state index in [2.05, 4.69) is 105 Å². The van der Waals surface area contributed by atoms with Gasteiger partial charge in [-0.1, -0.05) is 0 Å². The zero-order chi connectivity index (χ0) is 29.4. The maximum atomic E-state index is 13.1. The van der Waals surface area contributed by atoms with Gasteiger partial charge < -0.3 is 57.7 Å². The number of ether oxygens (including phenoxy) is 1. The number of nitrogens with zero attached hydrogens (tertiary/aromatic N) is 2. The smallest absolute Gasteiger partial charge is 0.267 e. The van der Waals surface area contributed by atoms with Crippen molar-refractivity contribution in [3.63, 3.8) is 0 Å². The molecule has 220 valence electrons. The van der Waals surface area contributed by atoms with E-state index in [0.717, 1.165) is 0 Å². The van der Waals surface area contributed by atoms with Gasteiger partial charge in [-0.25, -0.2) is 9.98 Å². The number of nitrogens with one attached hydrogen (secondary N) is 6. The van der Waals surface area contributed by atoms with Crippen molar-refractivity contribution in [3.05, 3.63) is 41.7 Å². The van der Waals surface area contributed by atoms with Crippen molar-refractivity contribution in [3.8, 4) is 0 Å². The number of amides is 2. The van der Waals surface area contributed by atoms with Crippen LogP contribution in [0.2, 0.25) is 0 Å². The van der Waals surface area contributed by atoms with E-state index in [-0.39, 0.29) is 36.4 Å². The molecule has 3 aliphatic heterocycles. The van der Waals surface area contributed by atoms with Crippen LogP contribution in [-0.4, -0.2) is 86.8 Å². The normalized spacial score (nSPS) is 35.0. The summed E-state index contributed by atoms with van der Waals surface area (Å²) in [4.78, 5) is 40.5. The number of nitrogens with two attached hydrogens (primary N) is 2. The minimum atomic E-state index is -1.89. The van der Waals surface area contributed by atoms with E-state index in [9.17, 15) is 19.8 Å². The van der Waals surface area contributed by atoms with Gasteiger partial charge in [-0.2, -0.15) is 0 Å². The van der Waals surface area contributed by atoms with Gasteiger partial charge in [0.25, 0.3) is 11.8 Å². The summed E-state index contributed by atoms with van der Waals surface area (Å²) in [7, 11) is 0. The van der Waals surface area contributed by atoms with Crippen LogP contribution < -0.4 is 32.7 Å². The lowest BCUT2D eigenvalue weighted by Gasteiger charge is -2.51. The van der Waals surface area contributed by atoms with E-state index in [4.69, 9.17) is 16.2 Å². The molecule has 1 saturated heterocycles. The molecule has 1 unspecified atom stereocenters. The van der Waals surface area contributed by atoms with E-state index in [0.29, 0.717) is 18.2 Å². The fourth-order valence-corrected chi connectivity index (χ4v) is 7.73. The number of hydrogen-bond donors (Lipinski definition) is 10. The van der Waals surface area contributed by atoms with Gasteiger partial charge in [0.1, 0.15) is 16.9 Å². The molecule has 19 heteroatoms. The number of hydrogen-bond acceptors (Lipinski definition) is 11. The zero-order valence-corrected chi connectivity index (χ0v) is 27.1. The monoisotopic (exact) mass is 824 g/mol. The Hall–Kier alpha value is -2.16. The van der Waals surface area contributed by atoms with Crippen molar-refractivity contribution in [1.82, 2.24) is 31.2 Å². The van der Waals surface area contributed by atoms with Crippen molar-refractivity contribution in [1.29, 1.82) is 0 Å². The van der Waals surface area contributed by atoms with Crippen LogP contribution in [0.1, 0.15) is 21.0 Å². The molecule has 2 aromatic heterocycles. The minimum Gasteiger partial charge on any atom is -0.390 e. The molecule has 2 amide bonds. The highest BCUT2D eigenvalue weighted by Gasteiger charge is 2.76. The summed E-state index contributed by atoms with van der Waals surface area (Å²) in [6.07, 6.45) is -3.45. The van der Waals surface area contributed by atoms with E-state index in [1.165, 1.54) is 0 Å². The second kappa shape index (κ2) is 10.2. The number of guanidine groups is 2. The molecule has 8 atom stereocenters. The van der Waals surface area contributed by atoms with Crippen LogP contribution in [0, 0.1) is 17.8 Å². The summed E-state index contributed by atoms with van der Waals surface area (Å²) in [5, 5.41) is 35.5. The maximum absolute atomic E-state index is 13.1. The average molecular weight is 828 g/mol. The Labute approximate surface area is 265 Å². The van der Waals surface area contributed by atoms with Crippen molar-refractivity contribution in [2.45, 2.75) is 29.8 Å². The van der Waals surface area contributed by atoms with Gasteiger partial charge in [0.05, 0.1) is 24.3 Å². The van der Waals surface area contributed by atoms with Crippen LogP contribution in [-0.2, 0) is 4.74 Å². The molecule has 15 nitrogen and oxygen atoms in total. The van der Waals surface area contributed by atoms with Crippen molar-refractivity contribution >= 4 is 87.5 Å². The highest BCUT2D eigenvalue weighted by atomic mass is 79.9. The lowest BCUT2D eigenvalue weighted by molar-refractivity contribution is -0.243. The molecule has 1 spiro atoms. The molecule has 1 saturated carbocycles. The molecule has 2 fully saturated rings. The summed E-state index contributed by atoms with van der Waals surface area (Å²) < 4.78 is 8.51. The lowest BCUT2D eigenvalue weighted by atomic mass is 9.71. The minimum absolute atomic E-state index is 0.00854. The van der Waals surface area contributed by atoms with E-state index >= 15 is 0 Å². The summed E-state index contributed by atoms with van der Waals surface area (Å²) in [5.41, 5.74) is 9.26. The number of halogens is 4. The summed E-state index contributed by atoms with van der Waals surface area (Å²) in [6.45, 7) is -0.0420. The predicted molar refractivity (Wildman–Crippen MR) is 159 cm³/mol. The molecular formula is C22H24Br4N10O5. The molecule has 0 radical (unpaired) electrons. The molecular weight excluding hydrogens is 804 g/mol. The Balaban J connectivity index is 1.34. The molecule has 6 rings (SSSR count). The van der Waals surface area contributed by atoms with E-state index in [1.54, 1.807) is 12.1 Å². The standard InChI is InChI=1S/C22H24Br4N10O5/c23-7-1-9(31-13(7)25)15(38)29-3-5-6(4-30-16(39)10-2-8(24)14(26)32-10)12(37)21-11(5)22(40)18(34-20(28)36-22)41-17(21)33-19(27)35-21/h1-2,5-6,11-12,17-18,31-32,37,40H,3-4H2,(H,29,38)(H,30,39)(H3,27,33,35)(H3,28,34,36)/t5-,6-,11?,12+,17+,18-,21+,22-/m1/s1. The first-order valence-corrected chi connectivity index (χ1v) is 15.5. The summed E-state index contributed by atoms with van der Waals surface area (Å²) in [6, 6.07) is 3.23. The van der Waals surface area contributed by atoms with E-state index < -0.39 is 59.4 Å². The first-order valence-electron chi connectivity index (χ1n) is 12.3. The Morgan fingerprint density at radius 2 is 1.41 bits per heavy atom. The first kappa shape index (κ1) is 28.9. The topological polar surface area (TPSA) is 240 Å². The second-order valence-corrected chi connectivity index (χ2v) is 13.5.